The largest absolute Gasteiger partial charge is 0.478 e. The zero-order valence-corrected chi connectivity index (χ0v) is 11.3. The Kier molecular flexibility index (Phi) is 3.88. The van der Waals surface area contributed by atoms with Gasteiger partial charge in [0.15, 0.2) is 0 Å². The molecule has 0 aliphatic carbocycles. The normalized spacial score (nSPS) is 20.8. The van der Waals surface area contributed by atoms with Crippen molar-refractivity contribution >= 4 is 36.3 Å². The van der Waals surface area contributed by atoms with E-state index in [4.69, 9.17) is 5.11 Å². The second-order valence-electron chi connectivity index (χ2n) is 3.45. The SMILES string of the molecule is O=C(O)C1=CCN(SI)C1c1ccccc1. The van der Waals surface area contributed by atoms with Gasteiger partial charge in [-0.05, 0) is 14.7 Å². The molecule has 1 aromatic carbocycles. The topological polar surface area (TPSA) is 40.5 Å². The number of rotatable bonds is 3. The van der Waals surface area contributed by atoms with Gasteiger partial charge in [0.05, 0.1) is 11.6 Å². The van der Waals surface area contributed by atoms with Gasteiger partial charge in [0, 0.05) is 27.8 Å². The molecule has 1 atom stereocenters. The molecule has 1 aliphatic heterocycles. The number of carboxylic acid groups (broad SMARTS) is 1. The van der Waals surface area contributed by atoms with Crippen LogP contribution in [-0.2, 0) is 4.79 Å². The molecular weight excluding hydrogens is 337 g/mol. The molecule has 1 aromatic rings. The smallest absolute Gasteiger partial charge is 0.333 e. The van der Waals surface area contributed by atoms with Gasteiger partial charge in [0.1, 0.15) is 0 Å². The number of carbonyl (C=O) groups is 1. The minimum Gasteiger partial charge on any atom is -0.478 e. The fourth-order valence-electron chi connectivity index (χ4n) is 1.81. The lowest BCUT2D eigenvalue weighted by Crippen LogP contribution is -2.19. The van der Waals surface area contributed by atoms with Gasteiger partial charge in [-0.25, -0.2) is 9.10 Å². The molecule has 0 aromatic heterocycles. The van der Waals surface area contributed by atoms with Gasteiger partial charge in [-0.2, -0.15) is 0 Å². The van der Waals surface area contributed by atoms with Crippen LogP contribution in [0.15, 0.2) is 42.0 Å². The van der Waals surface area contributed by atoms with E-state index in [2.05, 4.69) is 25.5 Å². The van der Waals surface area contributed by atoms with Gasteiger partial charge < -0.3 is 5.11 Å². The molecule has 1 N–H and O–H groups in total. The highest BCUT2D eigenvalue weighted by Gasteiger charge is 2.32. The van der Waals surface area contributed by atoms with Crippen LogP contribution in [0.5, 0.6) is 0 Å². The van der Waals surface area contributed by atoms with Gasteiger partial charge >= 0.3 is 5.97 Å². The summed E-state index contributed by atoms with van der Waals surface area (Å²) >= 11 is 2.18. The molecule has 5 heteroatoms. The van der Waals surface area contributed by atoms with E-state index in [1.807, 2.05) is 30.3 Å². The third-order valence-electron chi connectivity index (χ3n) is 2.52. The molecule has 0 fully saturated rings. The molecule has 0 saturated heterocycles. The number of hydrogen-bond acceptors (Lipinski definition) is 3. The first-order valence-corrected chi connectivity index (χ1v) is 8.09. The molecule has 0 amide bonds. The predicted octanol–water partition coefficient (Wildman–Crippen LogP) is 3.05. The highest BCUT2D eigenvalue weighted by Crippen LogP contribution is 2.40. The Hall–Kier alpha value is -0.530. The van der Waals surface area contributed by atoms with Crippen LogP contribution in [-0.4, -0.2) is 21.9 Å². The van der Waals surface area contributed by atoms with E-state index < -0.39 is 5.97 Å². The summed E-state index contributed by atoms with van der Waals surface area (Å²) in [5, 5.41) is 9.15. The lowest BCUT2D eigenvalue weighted by Gasteiger charge is -2.22. The van der Waals surface area contributed by atoms with Crippen LogP contribution in [0, 0.1) is 0 Å². The van der Waals surface area contributed by atoms with Crippen molar-refractivity contribution in [1.29, 1.82) is 0 Å². The summed E-state index contributed by atoms with van der Waals surface area (Å²) in [6.07, 6.45) is 1.78. The molecule has 1 heterocycles. The summed E-state index contributed by atoms with van der Waals surface area (Å²) in [5.41, 5.74) is 1.49. The molecule has 84 valence electrons. The maximum atomic E-state index is 11.1. The minimum atomic E-state index is -0.832. The quantitative estimate of drug-likeness (QED) is 0.674. The maximum Gasteiger partial charge on any atom is 0.333 e. The molecule has 0 saturated carbocycles. The fraction of sp³-hybridized carbons (Fsp3) is 0.182. The number of halogens is 1. The predicted molar refractivity (Wildman–Crippen MR) is 73.2 cm³/mol. The zero-order valence-electron chi connectivity index (χ0n) is 8.34. The van der Waals surface area contributed by atoms with Crippen LogP contribution in [0.4, 0.5) is 0 Å². The van der Waals surface area contributed by atoms with Gasteiger partial charge in [-0.15, -0.1) is 0 Å². The van der Waals surface area contributed by atoms with Crippen molar-refractivity contribution in [3.05, 3.63) is 47.5 Å². The minimum absolute atomic E-state index is 0.138. The second-order valence-corrected chi connectivity index (χ2v) is 5.24. The van der Waals surface area contributed by atoms with Crippen LogP contribution in [0.1, 0.15) is 11.6 Å². The van der Waals surface area contributed by atoms with E-state index in [1.54, 1.807) is 15.2 Å². The number of benzene rings is 1. The van der Waals surface area contributed by atoms with Crippen molar-refractivity contribution in [2.75, 3.05) is 6.54 Å². The van der Waals surface area contributed by atoms with E-state index in [0.717, 1.165) is 5.56 Å². The highest BCUT2D eigenvalue weighted by molar-refractivity contribution is 14.2. The summed E-state index contributed by atoms with van der Waals surface area (Å²) in [6, 6.07) is 9.59. The van der Waals surface area contributed by atoms with Crippen molar-refractivity contribution in [1.82, 2.24) is 4.31 Å². The molecule has 16 heavy (non-hydrogen) atoms. The molecular formula is C11H10INO2S. The second kappa shape index (κ2) is 5.20. The Labute approximate surface area is 110 Å². The van der Waals surface area contributed by atoms with Crippen molar-refractivity contribution in [2.24, 2.45) is 0 Å². The number of carboxylic acids is 1. The standard InChI is InChI=1S/C11H10INO2S/c12-16-13-7-6-9(11(14)15)10(13)8-4-2-1-3-5-8/h1-6,10H,7H2,(H,14,15). The Balaban J connectivity index is 2.35. The Morgan fingerprint density at radius 3 is 2.69 bits per heavy atom. The van der Waals surface area contributed by atoms with Crippen molar-refractivity contribution < 1.29 is 9.90 Å². The van der Waals surface area contributed by atoms with Gasteiger partial charge in [0.2, 0.25) is 0 Å². The lowest BCUT2D eigenvalue weighted by molar-refractivity contribution is -0.133. The summed E-state index contributed by atoms with van der Waals surface area (Å²) in [6.45, 7) is 0.675. The van der Waals surface area contributed by atoms with Gasteiger partial charge in [-0.1, -0.05) is 36.4 Å². The van der Waals surface area contributed by atoms with Crippen LogP contribution in [0.3, 0.4) is 0 Å². The Morgan fingerprint density at radius 2 is 2.12 bits per heavy atom. The average Bonchev–Trinajstić information content (AvgIpc) is 2.73. The van der Waals surface area contributed by atoms with E-state index in [9.17, 15) is 4.79 Å². The van der Waals surface area contributed by atoms with Crippen LogP contribution in [0.25, 0.3) is 0 Å². The molecule has 2 rings (SSSR count). The monoisotopic (exact) mass is 347 g/mol. The summed E-state index contributed by atoms with van der Waals surface area (Å²) in [7, 11) is 1.54. The first-order chi connectivity index (χ1) is 7.74. The lowest BCUT2D eigenvalue weighted by atomic mass is 10.0. The van der Waals surface area contributed by atoms with Crippen molar-refractivity contribution in [3.8, 4) is 0 Å². The van der Waals surface area contributed by atoms with Crippen LogP contribution < -0.4 is 0 Å². The molecule has 0 spiro atoms. The molecule has 1 unspecified atom stereocenters. The van der Waals surface area contributed by atoms with Gasteiger partial charge in [-0.3, -0.25) is 0 Å². The highest BCUT2D eigenvalue weighted by atomic mass is 127. The van der Waals surface area contributed by atoms with E-state index >= 15 is 0 Å². The fourth-order valence-corrected chi connectivity index (χ4v) is 3.42. The summed E-state index contributed by atoms with van der Waals surface area (Å²) in [4.78, 5) is 11.1. The first-order valence-electron chi connectivity index (χ1n) is 4.77. The van der Waals surface area contributed by atoms with E-state index in [1.165, 1.54) is 0 Å². The maximum absolute atomic E-state index is 11.1. The zero-order chi connectivity index (χ0) is 11.5. The average molecular weight is 347 g/mol. The molecule has 1 aliphatic rings. The molecule has 0 bridgehead atoms. The molecule has 3 nitrogen and oxygen atoms in total. The Morgan fingerprint density at radius 1 is 1.44 bits per heavy atom. The van der Waals surface area contributed by atoms with E-state index in [-0.39, 0.29) is 6.04 Å². The van der Waals surface area contributed by atoms with E-state index in [0.29, 0.717) is 12.1 Å². The van der Waals surface area contributed by atoms with Crippen molar-refractivity contribution in [2.45, 2.75) is 6.04 Å². The third-order valence-corrected chi connectivity index (χ3v) is 4.58. The summed E-state index contributed by atoms with van der Waals surface area (Å²) < 4.78 is 2.05. The van der Waals surface area contributed by atoms with Gasteiger partial charge in [0.25, 0.3) is 0 Å². The van der Waals surface area contributed by atoms with Crippen LogP contribution >= 0.6 is 30.3 Å². The van der Waals surface area contributed by atoms with Crippen molar-refractivity contribution in [3.63, 3.8) is 0 Å². The van der Waals surface area contributed by atoms with Crippen LogP contribution in [0.2, 0.25) is 0 Å². The molecule has 0 radical (unpaired) electrons. The number of hydrogen-bond donors (Lipinski definition) is 1. The Bertz CT molecular complexity index is 421. The number of aliphatic carboxylic acids is 1. The third kappa shape index (κ3) is 2.26. The first kappa shape index (κ1) is 11.9. The number of nitrogens with zero attached hydrogens (tertiary/aromatic N) is 1. The summed E-state index contributed by atoms with van der Waals surface area (Å²) in [5.74, 6) is -0.832.